The molecule has 0 aliphatic heterocycles. The summed E-state index contributed by atoms with van der Waals surface area (Å²) < 4.78 is 10.2. The first kappa shape index (κ1) is 27.9. The van der Waals surface area contributed by atoms with E-state index in [-0.39, 0.29) is 25.2 Å². The highest BCUT2D eigenvalue weighted by molar-refractivity contribution is 5.70. The molecule has 0 aromatic rings. The number of aliphatic hydroxyl groups is 1. The fourth-order valence-corrected chi connectivity index (χ4v) is 3.24. The Labute approximate surface area is 178 Å². The molecule has 0 spiro atoms. The number of esters is 2. The summed E-state index contributed by atoms with van der Waals surface area (Å²) >= 11 is 0. The maximum absolute atomic E-state index is 11.8. The molecule has 0 saturated carbocycles. The van der Waals surface area contributed by atoms with Gasteiger partial charge in [0, 0.05) is 12.8 Å². The van der Waals surface area contributed by atoms with Gasteiger partial charge in [-0.3, -0.25) is 9.59 Å². The molecule has 0 rings (SSSR count). The molecule has 0 fully saturated rings. The normalized spacial score (nSPS) is 12.0. The Morgan fingerprint density at radius 2 is 1.10 bits per heavy atom. The lowest BCUT2D eigenvalue weighted by atomic mass is 10.0. The van der Waals surface area contributed by atoms with Gasteiger partial charge in [0.15, 0.2) is 6.10 Å². The Hall–Kier alpha value is -1.10. The van der Waals surface area contributed by atoms with Gasteiger partial charge in [-0.05, 0) is 12.8 Å². The van der Waals surface area contributed by atoms with Gasteiger partial charge in [-0.25, -0.2) is 0 Å². The molecular formula is C24H46O5. The lowest BCUT2D eigenvalue weighted by Crippen LogP contribution is -2.28. The highest BCUT2D eigenvalue weighted by Gasteiger charge is 2.15. The van der Waals surface area contributed by atoms with Crippen molar-refractivity contribution in [3.05, 3.63) is 0 Å². The van der Waals surface area contributed by atoms with E-state index >= 15 is 0 Å². The van der Waals surface area contributed by atoms with Crippen molar-refractivity contribution in [2.45, 2.75) is 129 Å². The summed E-state index contributed by atoms with van der Waals surface area (Å²) in [5.74, 6) is -0.630. The smallest absolute Gasteiger partial charge is 0.306 e. The first-order chi connectivity index (χ1) is 14.1. The Morgan fingerprint density at radius 1 is 0.655 bits per heavy atom. The summed E-state index contributed by atoms with van der Waals surface area (Å²) in [6, 6.07) is 0. The van der Waals surface area contributed by atoms with Crippen molar-refractivity contribution < 1.29 is 24.2 Å². The molecule has 5 nitrogen and oxygen atoms in total. The van der Waals surface area contributed by atoms with Crippen molar-refractivity contribution in [1.29, 1.82) is 0 Å². The van der Waals surface area contributed by atoms with Crippen molar-refractivity contribution in [2.24, 2.45) is 0 Å². The number of hydrogen-bond acceptors (Lipinski definition) is 5. The molecule has 1 N–H and O–H groups in total. The van der Waals surface area contributed by atoms with Crippen LogP contribution in [0.1, 0.15) is 123 Å². The highest BCUT2D eigenvalue weighted by atomic mass is 16.6. The molecule has 0 heterocycles. The van der Waals surface area contributed by atoms with Crippen LogP contribution in [-0.2, 0) is 19.1 Å². The highest BCUT2D eigenvalue weighted by Crippen LogP contribution is 2.13. The van der Waals surface area contributed by atoms with Crippen LogP contribution in [-0.4, -0.2) is 36.4 Å². The van der Waals surface area contributed by atoms with Crippen molar-refractivity contribution in [2.75, 3.05) is 13.2 Å². The minimum atomic E-state index is -0.755. The van der Waals surface area contributed by atoms with Crippen LogP contribution in [0.25, 0.3) is 0 Å². The summed E-state index contributed by atoms with van der Waals surface area (Å²) in [4.78, 5) is 23.3. The van der Waals surface area contributed by atoms with Crippen LogP contribution >= 0.6 is 0 Å². The first-order valence-corrected chi connectivity index (χ1v) is 12.1. The Bertz CT molecular complexity index is 383. The average molecular weight is 415 g/mol. The number of hydrogen-bond donors (Lipinski definition) is 1. The molecule has 5 heteroatoms. The van der Waals surface area contributed by atoms with E-state index in [1.807, 2.05) is 6.92 Å². The van der Waals surface area contributed by atoms with Crippen LogP contribution < -0.4 is 0 Å². The Kier molecular flexibility index (Phi) is 20.8. The van der Waals surface area contributed by atoms with E-state index in [4.69, 9.17) is 9.47 Å². The number of unbranched alkanes of at least 4 members (excludes halogenated alkanes) is 13. The third kappa shape index (κ3) is 20.0. The Morgan fingerprint density at radius 3 is 1.59 bits per heavy atom. The number of rotatable bonds is 21. The van der Waals surface area contributed by atoms with Crippen molar-refractivity contribution >= 4 is 11.9 Å². The summed E-state index contributed by atoms with van der Waals surface area (Å²) in [6.07, 6.45) is 18.1. The van der Waals surface area contributed by atoms with Crippen LogP contribution in [0.15, 0.2) is 0 Å². The third-order valence-electron chi connectivity index (χ3n) is 5.15. The summed E-state index contributed by atoms with van der Waals surface area (Å²) in [5.41, 5.74) is 0. The summed E-state index contributed by atoms with van der Waals surface area (Å²) in [6.45, 7) is 3.86. The fraction of sp³-hybridized carbons (Fsp3) is 0.917. The van der Waals surface area contributed by atoms with Crippen LogP contribution in [0.2, 0.25) is 0 Å². The molecule has 0 radical (unpaired) electrons. The molecule has 0 saturated heterocycles. The molecule has 0 aromatic carbocycles. The van der Waals surface area contributed by atoms with Crippen LogP contribution in [0.3, 0.4) is 0 Å². The molecule has 29 heavy (non-hydrogen) atoms. The maximum Gasteiger partial charge on any atom is 0.306 e. The van der Waals surface area contributed by atoms with Gasteiger partial charge in [0.25, 0.3) is 0 Å². The van der Waals surface area contributed by atoms with E-state index in [2.05, 4.69) is 6.92 Å². The topological polar surface area (TPSA) is 72.8 Å². The van der Waals surface area contributed by atoms with Crippen molar-refractivity contribution in [3.8, 4) is 0 Å². The molecule has 0 bridgehead atoms. The van der Waals surface area contributed by atoms with Crippen LogP contribution in [0.5, 0.6) is 0 Å². The van der Waals surface area contributed by atoms with E-state index in [0.29, 0.717) is 12.8 Å². The third-order valence-corrected chi connectivity index (χ3v) is 5.15. The molecule has 1 unspecified atom stereocenters. The summed E-state index contributed by atoms with van der Waals surface area (Å²) in [5, 5.41) is 9.24. The minimum Gasteiger partial charge on any atom is -0.462 e. The monoisotopic (exact) mass is 414 g/mol. The van der Waals surface area contributed by atoms with Gasteiger partial charge in [-0.15, -0.1) is 0 Å². The predicted molar refractivity (Wildman–Crippen MR) is 118 cm³/mol. The van der Waals surface area contributed by atoms with Crippen LogP contribution in [0, 0.1) is 0 Å². The van der Waals surface area contributed by atoms with Crippen molar-refractivity contribution in [3.63, 3.8) is 0 Å². The number of ether oxygens (including phenoxy) is 2. The lowest BCUT2D eigenvalue weighted by molar-refractivity contribution is -0.161. The quantitative estimate of drug-likeness (QED) is 0.181. The largest absolute Gasteiger partial charge is 0.462 e. The van der Waals surface area contributed by atoms with Gasteiger partial charge in [-0.1, -0.05) is 97.3 Å². The number of carbonyl (C=O) groups excluding carboxylic acids is 2. The second kappa shape index (κ2) is 21.6. The van der Waals surface area contributed by atoms with Gasteiger partial charge in [0.05, 0.1) is 6.61 Å². The molecule has 172 valence electrons. The van der Waals surface area contributed by atoms with Gasteiger partial charge in [-0.2, -0.15) is 0 Å². The number of aliphatic hydroxyl groups excluding tert-OH is 1. The minimum absolute atomic E-state index is 0.0638. The lowest BCUT2D eigenvalue weighted by Gasteiger charge is -2.15. The standard InChI is InChI=1S/C24H46O5/c1-3-5-7-8-9-10-11-12-13-14-15-16-17-19-23(26)28-21-22(20-25)29-24(27)18-6-4-2/h22,25H,3-21H2,1-2H3. The SMILES string of the molecule is CCCCCCCCCCCCCCCC(=O)OCC(CO)OC(=O)CCCC. The van der Waals surface area contributed by atoms with Crippen molar-refractivity contribution in [1.82, 2.24) is 0 Å². The van der Waals surface area contributed by atoms with Gasteiger partial charge in [0.2, 0.25) is 0 Å². The molecule has 0 aliphatic carbocycles. The Balaban J connectivity index is 3.47. The summed E-state index contributed by atoms with van der Waals surface area (Å²) in [7, 11) is 0. The maximum atomic E-state index is 11.8. The fourth-order valence-electron chi connectivity index (χ4n) is 3.24. The predicted octanol–water partition coefficient (Wildman–Crippen LogP) is 6.11. The zero-order chi connectivity index (χ0) is 21.6. The van der Waals surface area contributed by atoms with E-state index < -0.39 is 6.10 Å². The molecule has 0 aromatic heterocycles. The molecule has 0 aliphatic rings. The van der Waals surface area contributed by atoms with E-state index in [9.17, 15) is 14.7 Å². The van der Waals surface area contributed by atoms with E-state index in [0.717, 1.165) is 32.1 Å². The van der Waals surface area contributed by atoms with Gasteiger partial charge >= 0.3 is 11.9 Å². The first-order valence-electron chi connectivity index (χ1n) is 12.1. The average Bonchev–Trinajstić information content (AvgIpc) is 2.72. The second-order valence-electron chi connectivity index (χ2n) is 8.07. The molecule has 1 atom stereocenters. The zero-order valence-electron chi connectivity index (χ0n) is 19.1. The van der Waals surface area contributed by atoms with E-state index in [1.54, 1.807) is 0 Å². The van der Waals surface area contributed by atoms with E-state index in [1.165, 1.54) is 64.2 Å². The second-order valence-corrected chi connectivity index (χ2v) is 8.07. The van der Waals surface area contributed by atoms with Crippen LogP contribution in [0.4, 0.5) is 0 Å². The zero-order valence-corrected chi connectivity index (χ0v) is 19.1. The number of carbonyl (C=O) groups is 2. The molecular weight excluding hydrogens is 368 g/mol. The molecule has 0 amide bonds. The van der Waals surface area contributed by atoms with Gasteiger partial charge < -0.3 is 14.6 Å². The van der Waals surface area contributed by atoms with Gasteiger partial charge in [0.1, 0.15) is 6.61 Å².